The van der Waals surface area contributed by atoms with E-state index in [0.29, 0.717) is 24.9 Å². The number of thioether (sulfide) groups is 1. The second-order valence-corrected chi connectivity index (χ2v) is 18.5. The highest BCUT2D eigenvalue weighted by Crippen LogP contribution is 2.27. The van der Waals surface area contributed by atoms with E-state index in [1.807, 2.05) is 89.2 Å². The van der Waals surface area contributed by atoms with Crippen LogP contribution in [0.5, 0.6) is 0 Å². The molecular formula is C44H61N9O7S. The van der Waals surface area contributed by atoms with Crippen molar-refractivity contribution in [1.29, 1.82) is 0 Å². The van der Waals surface area contributed by atoms with Gasteiger partial charge in [-0.2, -0.15) is 0 Å². The highest BCUT2D eigenvalue weighted by Gasteiger charge is 2.45. The van der Waals surface area contributed by atoms with Gasteiger partial charge in [-0.1, -0.05) is 50.2 Å². The van der Waals surface area contributed by atoms with Crippen LogP contribution >= 0.6 is 11.8 Å². The minimum absolute atomic E-state index is 0.000180. The number of benzene rings is 2. The van der Waals surface area contributed by atoms with Crippen LogP contribution in [0.2, 0.25) is 0 Å². The first kappa shape index (κ1) is 46.6. The lowest BCUT2D eigenvalue weighted by Gasteiger charge is -2.39. The predicted octanol–water partition coefficient (Wildman–Crippen LogP) is 2.02. The van der Waals surface area contributed by atoms with Gasteiger partial charge in [0.1, 0.15) is 30.2 Å². The molecule has 0 bridgehead atoms. The molecule has 7 amide bonds. The molecular weight excluding hydrogens is 799 g/mol. The molecule has 0 aliphatic carbocycles. The fraction of sp³-hybridized carbons (Fsp3) is 0.523. The Kier molecular flexibility index (Phi) is 16.0. The monoisotopic (exact) mass is 859 g/mol. The third-order valence-electron chi connectivity index (χ3n) is 10.7. The number of carbonyl (C=O) groups excluding carboxylic acids is 7. The van der Waals surface area contributed by atoms with Crippen LogP contribution in [0.3, 0.4) is 0 Å². The quantitative estimate of drug-likeness (QED) is 0.132. The van der Waals surface area contributed by atoms with Crippen LogP contribution in [0, 0.1) is 5.92 Å². The third-order valence-corrected chi connectivity index (χ3v) is 11.9. The molecule has 2 saturated heterocycles. The number of nitrogens with two attached hydrogens (primary N) is 1. The molecule has 2 aliphatic rings. The number of carbonyl (C=O) groups is 7. The number of fused-ring (bicyclic) bond motifs is 2. The van der Waals surface area contributed by atoms with E-state index >= 15 is 0 Å². The Morgan fingerprint density at radius 2 is 1.48 bits per heavy atom. The molecule has 2 aliphatic heterocycles. The Hall–Kier alpha value is -5.42. The van der Waals surface area contributed by atoms with Crippen molar-refractivity contribution in [3.05, 3.63) is 66.4 Å². The van der Waals surface area contributed by atoms with E-state index in [4.69, 9.17) is 5.73 Å². The largest absolute Gasteiger partial charge is 0.370 e. The summed E-state index contributed by atoms with van der Waals surface area (Å²) in [6, 6.07) is 9.28. The number of primary amides is 1. The van der Waals surface area contributed by atoms with Gasteiger partial charge in [0.25, 0.3) is 0 Å². The van der Waals surface area contributed by atoms with Gasteiger partial charge in [0.2, 0.25) is 41.4 Å². The highest BCUT2D eigenvalue weighted by atomic mass is 32.2. The molecule has 2 aromatic carbocycles. The van der Waals surface area contributed by atoms with Gasteiger partial charge in [-0.3, -0.25) is 38.5 Å². The van der Waals surface area contributed by atoms with Crippen molar-refractivity contribution in [1.82, 2.24) is 41.8 Å². The van der Waals surface area contributed by atoms with Crippen LogP contribution in [0.15, 0.2) is 65.7 Å². The molecule has 7 atom stereocenters. The number of amides is 7. The number of H-pyrrole nitrogens is 1. The Balaban J connectivity index is 1.61. The summed E-state index contributed by atoms with van der Waals surface area (Å²) in [6.07, 6.45) is 2.48. The molecule has 1 aromatic heterocycles. The smallest absolute Gasteiger partial charge is 0.243 e. The number of nitrogens with zero attached hydrogens (tertiary/aromatic N) is 1. The van der Waals surface area contributed by atoms with Gasteiger partial charge >= 0.3 is 0 Å². The SMILES string of the molecule is CC(C)C[C@H]1NC(=O)[C@H]2CCCN2[C@@H](C(=O)NC(C)(C)C)[C@@H](CSc2ccccc2)NC(=O)[C@H](CCC(N)=O)NC(=O)[C@H](Cc2c[nH]c3ccccc23)NC(=O)[C@@H](C)NC1=O. The van der Waals surface area contributed by atoms with Crippen LogP contribution in [-0.2, 0) is 40.0 Å². The summed E-state index contributed by atoms with van der Waals surface area (Å²) in [5, 5.41) is 18.2. The topological polar surface area (TPSA) is 237 Å². The molecule has 0 saturated carbocycles. The van der Waals surface area contributed by atoms with E-state index < -0.39 is 89.2 Å². The molecule has 2 fully saturated rings. The second kappa shape index (κ2) is 20.9. The summed E-state index contributed by atoms with van der Waals surface area (Å²) in [4.78, 5) is 104. The standard InChI is InChI=1S/C44H61N9O7S/c1-25(2)21-32-40(57)47-26(3)38(55)49-33(22-27-23-46-30-16-11-10-15-29(27)30)41(58)48-31(18-19-36(45)54)39(56)51-34(24-61-28-13-8-7-9-14-28)37(43(60)52-44(4,5)6)53-20-12-17-35(53)42(59)50-32/h7-11,13-16,23,25-26,31-35,37,46H,12,17-22,24H2,1-6H3,(H2,45,54)(H,47,57)(H,48,58)(H,49,55)(H,50,59)(H,51,56)(H,52,60)/t26-,31+,32-,33+,34-,35-,37-/m1/s1. The molecule has 9 N–H and O–H groups in total. The highest BCUT2D eigenvalue weighted by molar-refractivity contribution is 7.99. The van der Waals surface area contributed by atoms with Gasteiger partial charge in [-0.15, -0.1) is 11.8 Å². The van der Waals surface area contributed by atoms with E-state index in [1.54, 1.807) is 11.1 Å². The summed E-state index contributed by atoms with van der Waals surface area (Å²) in [6.45, 7) is 11.2. The summed E-state index contributed by atoms with van der Waals surface area (Å²) in [7, 11) is 0. The fourth-order valence-corrected chi connectivity index (χ4v) is 8.80. The van der Waals surface area contributed by atoms with Crippen LogP contribution in [-0.4, -0.2) is 111 Å². The number of aromatic nitrogens is 1. The molecule has 0 unspecified atom stereocenters. The molecule has 330 valence electrons. The Bertz CT molecular complexity index is 2050. The van der Waals surface area contributed by atoms with Gasteiger partial charge < -0.3 is 42.6 Å². The molecule has 3 aromatic rings. The van der Waals surface area contributed by atoms with E-state index in [2.05, 4.69) is 36.9 Å². The molecule has 0 radical (unpaired) electrons. The first-order valence-electron chi connectivity index (χ1n) is 21.0. The molecule has 16 nitrogen and oxygen atoms in total. The van der Waals surface area contributed by atoms with Crippen LogP contribution in [0.25, 0.3) is 10.9 Å². The summed E-state index contributed by atoms with van der Waals surface area (Å²) in [5.74, 6) is -4.08. The Morgan fingerprint density at radius 3 is 2.16 bits per heavy atom. The number of hydrogen-bond donors (Lipinski definition) is 8. The van der Waals surface area contributed by atoms with Crippen molar-refractivity contribution in [2.45, 2.75) is 133 Å². The molecule has 5 rings (SSSR count). The van der Waals surface area contributed by atoms with Crippen molar-refractivity contribution < 1.29 is 33.6 Å². The van der Waals surface area contributed by atoms with E-state index in [0.717, 1.165) is 15.8 Å². The maximum atomic E-state index is 14.6. The maximum Gasteiger partial charge on any atom is 0.243 e. The van der Waals surface area contributed by atoms with Crippen molar-refractivity contribution in [2.75, 3.05) is 12.3 Å². The summed E-state index contributed by atoms with van der Waals surface area (Å²) < 4.78 is 0. The number of para-hydroxylation sites is 1. The zero-order valence-electron chi connectivity index (χ0n) is 35.8. The van der Waals surface area contributed by atoms with Crippen molar-refractivity contribution >= 4 is 64.0 Å². The second-order valence-electron chi connectivity index (χ2n) is 17.4. The summed E-state index contributed by atoms with van der Waals surface area (Å²) in [5.41, 5.74) is 6.39. The average Bonchev–Trinajstić information content (AvgIpc) is 3.84. The molecule has 3 heterocycles. The molecule has 61 heavy (non-hydrogen) atoms. The first-order chi connectivity index (χ1) is 28.9. The average molecular weight is 860 g/mol. The van der Waals surface area contributed by atoms with Crippen molar-refractivity contribution in [3.63, 3.8) is 0 Å². The molecule has 0 spiro atoms. The van der Waals surface area contributed by atoms with Gasteiger partial charge in [-0.05, 0) is 89.6 Å². The normalized spacial score (nSPS) is 25.0. The maximum absolute atomic E-state index is 14.6. The number of hydrogen-bond acceptors (Lipinski definition) is 9. The number of rotatable bonds is 11. The van der Waals surface area contributed by atoms with E-state index in [-0.39, 0.29) is 37.4 Å². The predicted molar refractivity (Wildman–Crippen MR) is 234 cm³/mol. The summed E-state index contributed by atoms with van der Waals surface area (Å²) >= 11 is 1.40. The lowest BCUT2D eigenvalue weighted by Crippen LogP contribution is -2.66. The lowest BCUT2D eigenvalue weighted by atomic mass is 9.99. The fourth-order valence-electron chi connectivity index (χ4n) is 7.81. The van der Waals surface area contributed by atoms with Crippen molar-refractivity contribution in [3.8, 4) is 0 Å². The minimum Gasteiger partial charge on any atom is -0.370 e. The zero-order valence-corrected chi connectivity index (χ0v) is 36.7. The molecule has 17 heteroatoms. The van der Waals surface area contributed by atoms with Gasteiger partial charge in [0.15, 0.2) is 0 Å². The first-order valence-corrected chi connectivity index (χ1v) is 22.0. The zero-order chi connectivity index (χ0) is 44.4. The lowest BCUT2D eigenvalue weighted by molar-refractivity contribution is -0.137. The van der Waals surface area contributed by atoms with E-state index in [1.165, 1.54) is 18.7 Å². The van der Waals surface area contributed by atoms with Crippen LogP contribution in [0.4, 0.5) is 0 Å². The van der Waals surface area contributed by atoms with Gasteiger partial charge in [0, 0.05) is 46.1 Å². The van der Waals surface area contributed by atoms with Crippen LogP contribution in [0.1, 0.15) is 79.2 Å². The van der Waals surface area contributed by atoms with Crippen LogP contribution < -0.4 is 37.6 Å². The number of nitrogens with one attached hydrogen (secondary N) is 7. The number of aromatic amines is 1. The minimum atomic E-state index is -1.33. The Labute approximate surface area is 361 Å². The van der Waals surface area contributed by atoms with Gasteiger partial charge in [-0.25, -0.2) is 0 Å². The van der Waals surface area contributed by atoms with Crippen molar-refractivity contribution in [2.24, 2.45) is 11.7 Å². The Morgan fingerprint density at radius 1 is 0.836 bits per heavy atom. The van der Waals surface area contributed by atoms with E-state index in [9.17, 15) is 33.6 Å². The third kappa shape index (κ3) is 13.0. The van der Waals surface area contributed by atoms with Gasteiger partial charge in [0.05, 0.1) is 12.1 Å².